The summed E-state index contributed by atoms with van der Waals surface area (Å²) < 4.78 is 19.0. The number of benzene rings is 1. The summed E-state index contributed by atoms with van der Waals surface area (Å²) >= 11 is 0. The van der Waals surface area contributed by atoms with Gasteiger partial charge in [0.1, 0.15) is 17.5 Å². The van der Waals surface area contributed by atoms with Crippen molar-refractivity contribution in [3.8, 4) is 0 Å². The van der Waals surface area contributed by atoms with Crippen LogP contribution in [0.5, 0.6) is 0 Å². The van der Waals surface area contributed by atoms with Gasteiger partial charge in [0.25, 0.3) is 0 Å². The Morgan fingerprint density at radius 2 is 1.76 bits per heavy atom. The number of nitrogens with one attached hydrogen (secondary N) is 1. The zero-order valence-electron chi connectivity index (χ0n) is 15.2. The van der Waals surface area contributed by atoms with Crippen LogP contribution in [0.2, 0.25) is 0 Å². The topological polar surface area (TPSA) is 61.9 Å². The van der Waals surface area contributed by atoms with Gasteiger partial charge in [-0.15, -0.1) is 0 Å². The van der Waals surface area contributed by atoms with E-state index in [0.717, 1.165) is 0 Å². The molecular weight excluding hydrogens is 325 g/mol. The van der Waals surface area contributed by atoms with E-state index in [0.29, 0.717) is 31.9 Å². The van der Waals surface area contributed by atoms with E-state index in [1.54, 1.807) is 50.8 Å². The van der Waals surface area contributed by atoms with Crippen LogP contribution in [0.4, 0.5) is 14.9 Å². The maximum Gasteiger partial charge on any atom is 0.408 e. The minimum absolute atomic E-state index is 0.168. The zero-order valence-corrected chi connectivity index (χ0v) is 15.2. The highest BCUT2D eigenvalue weighted by Gasteiger charge is 2.28. The molecule has 2 rings (SSSR count). The van der Waals surface area contributed by atoms with Crippen LogP contribution in [0.15, 0.2) is 24.3 Å². The minimum atomic E-state index is -0.671. The number of alkyl carbamates (subject to hydrolysis) is 1. The fourth-order valence-electron chi connectivity index (χ4n) is 2.70. The molecule has 1 unspecified atom stereocenters. The van der Waals surface area contributed by atoms with Crippen LogP contribution in [0.3, 0.4) is 0 Å². The molecule has 6 nitrogen and oxygen atoms in total. The van der Waals surface area contributed by atoms with E-state index < -0.39 is 17.7 Å². The Bertz CT molecular complexity index is 622. The molecule has 2 amide bonds. The highest BCUT2D eigenvalue weighted by molar-refractivity contribution is 5.85. The first-order valence-electron chi connectivity index (χ1n) is 8.45. The van der Waals surface area contributed by atoms with Crippen molar-refractivity contribution < 1.29 is 18.7 Å². The van der Waals surface area contributed by atoms with Gasteiger partial charge in [-0.05, 0) is 39.8 Å². The van der Waals surface area contributed by atoms with Crippen molar-refractivity contribution in [1.82, 2.24) is 10.2 Å². The van der Waals surface area contributed by atoms with Gasteiger partial charge in [0.05, 0.1) is 5.69 Å². The number of ether oxygens (including phenoxy) is 1. The summed E-state index contributed by atoms with van der Waals surface area (Å²) in [4.78, 5) is 27.9. The Labute approximate surface area is 147 Å². The van der Waals surface area contributed by atoms with Gasteiger partial charge in [-0.25, -0.2) is 9.18 Å². The number of carbonyl (C=O) groups excluding carboxylic acids is 2. The van der Waals surface area contributed by atoms with Crippen molar-refractivity contribution in [2.24, 2.45) is 0 Å². The van der Waals surface area contributed by atoms with Gasteiger partial charge < -0.3 is 19.9 Å². The smallest absolute Gasteiger partial charge is 0.408 e. The molecule has 0 bridgehead atoms. The number of nitrogens with zero attached hydrogens (tertiary/aromatic N) is 2. The number of piperazine rings is 1. The molecule has 1 heterocycles. The molecule has 1 atom stereocenters. The summed E-state index contributed by atoms with van der Waals surface area (Å²) in [5.74, 6) is -0.429. The van der Waals surface area contributed by atoms with Crippen LogP contribution in [0.25, 0.3) is 0 Å². The molecule has 0 aromatic heterocycles. The second-order valence-electron chi connectivity index (χ2n) is 7.13. The molecule has 1 aliphatic heterocycles. The van der Waals surface area contributed by atoms with E-state index >= 15 is 0 Å². The number of hydrogen-bond acceptors (Lipinski definition) is 4. The quantitative estimate of drug-likeness (QED) is 0.908. The maximum absolute atomic E-state index is 13.9. The zero-order chi connectivity index (χ0) is 18.6. The standard InChI is InChI=1S/C18H26FN3O3/c1-13(20-17(24)25-18(2,3)4)16(23)22-11-9-21(10-12-22)15-8-6-5-7-14(15)19/h5-8,13H,9-12H2,1-4H3,(H,20,24). The molecular formula is C18H26FN3O3. The molecule has 0 saturated carbocycles. The average Bonchev–Trinajstić information content (AvgIpc) is 2.53. The largest absolute Gasteiger partial charge is 0.444 e. The van der Waals surface area contributed by atoms with E-state index in [1.807, 2.05) is 4.90 Å². The van der Waals surface area contributed by atoms with E-state index in [9.17, 15) is 14.0 Å². The normalized spacial score (nSPS) is 16.4. The number of hydrogen-bond donors (Lipinski definition) is 1. The third kappa shape index (κ3) is 5.34. The monoisotopic (exact) mass is 351 g/mol. The fraction of sp³-hybridized carbons (Fsp3) is 0.556. The Kier molecular flexibility index (Phi) is 5.87. The van der Waals surface area contributed by atoms with Gasteiger partial charge in [-0.3, -0.25) is 4.79 Å². The van der Waals surface area contributed by atoms with Crippen molar-refractivity contribution in [3.63, 3.8) is 0 Å². The minimum Gasteiger partial charge on any atom is -0.444 e. The average molecular weight is 351 g/mol. The molecule has 0 spiro atoms. The third-order valence-electron chi connectivity index (χ3n) is 3.89. The first kappa shape index (κ1) is 19.0. The number of rotatable bonds is 3. The Morgan fingerprint density at radius 1 is 1.16 bits per heavy atom. The highest BCUT2D eigenvalue weighted by atomic mass is 19.1. The second-order valence-corrected chi connectivity index (χ2v) is 7.13. The van der Waals surface area contributed by atoms with E-state index in [2.05, 4.69) is 5.32 Å². The lowest BCUT2D eigenvalue weighted by Crippen LogP contribution is -2.54. The lowest BCUT2D eigenvalue weighted by atomic mass is 10.2. The maximum atomic E-state index is 13.9. The molecule has 138 valence electrons. The van der Waals surface area contributed by atoms with Crippen LogP contribution < -0.4 is 10.2 Å². The molecule has 1 aliphatic rings. The second kappa shape index (κ2) is 7.72. The molecule has 1 aromatic carbocycles. The Balaban J connectivity index is 1.86. The number of carbonyl (C=O) groups is 2. The SMILES string of the molecule is CC(NC(=O)OC(C)(C)C)C(=O)N1CCN(c2ccccc2F)CC1. The lowest BCUT2D eigenvalue weighted by Gasteiger charge is -2.37. The predicted molar refractivity (Wildman–Crippen MR) is 94.0 cm³/mol. The molecule has 1 aromatic rings. The lowest BCUT2D eigenvalue weighted by molar-refractivity contribution is -0.133. The summed E-state index contributed by atoms with van der Waals surface area (Å²) in [7, 11) is 0. The molecule has 0 aliphatic carbocycles. The van der Waals surface area contributed by atoms with Crippen LogP contribution in [-0.4, -0.2) is 54.7 Å². The van der Waals surface area contributed by atoms with E-state index in [-0.39, 0.29) is 11.7 Å². The highest BCUT2D eigenvalue weighted by Crippen LogP contribution is 2.20. The molecule has 25 heavy (non-hydrogen) atoms. The van der Waals surface area contributed by atoms with Crippen molar-refractivity contribution in [2.75, 3.05) is 31.1 Å². The van der Waals surface area contributed by atoms with Gasteiger partial charge in [0.15, 0.2) is 0 Å². The molecule has 1 saturated heterocycles. The molecule has 7 heteroatoms. The van der Waals surface area contributed by atoms with Gasteiger partial charge >= 0.3 is 6.09 Å². The number of anilines is 1. The van der Waals surface area contributed by atoms with Crippen LogP contribution in [0.1, 0.15) is 27.7 Å². The third-order valence-corrected chi connectivity index (χ3v) is 3.89. The molecule has 1 N–H and O–H groups in total. The fourth-order valence-corrected chi connectivity index (χ4v) is 2.70. The van der Waals surface area contributed by atoms with Gasteiger partial charge in [0, 0.05) is 26.2 Å². The summed E-state index contributed by atoms with van der Waals surface area (Å²) in [6.07, 6.45) is -0.613. The predicted octanol–water partition coefficient (Wildman–Crippen LogP) is 2.39. The van der Waals surface area contributed by atoms with Crippen molar-refractivity contribution >= 4 is 17.7 Å². The van der Waals surface area contributed by atoms with Gasteiger partial charge in [-0.2, -0.15) is 0 Å². The molecule has 0 radical (unpaired) electrons. The van der Waals surface area contributed by atoms with Crippen LogP contribution >= 0.6 is 0 Å². The van der Waals surface area contributed by atoms with Crippen molar-refractivity contribution in [2.45, 2.75) is 39.3 Å². The number of amides is 2. The van der Waals surface area contributed by atoms with E-state index in [1.165, 1.54) is 6.07 Å². The van der Waals surface area contributed by atoms with Gasteiger partial charge in [-0.1, -0.05) is 12.1 Å². The summed E-state index contributed by atoms with van der Waals surface area (Å²) in [6.45, 7) is 8.98. The van der Waals surface area contributed by atoms with Crippen molar-refractivity contribution in [3.05, 3.63) is 30.1 Å². The Hall–Kier alpha value is -2.31. The van der Waals surface area contributed by atoms with Crippen LogP contribution in [-0.2, 0) is 9.53 Å². The summed E-state index contributed by atoms with van der Waals surface area (Å²) in [5, 5.41) is 2.56. The van der Waals surface area contributed by atoms with E-state index in [4.69, 9.17) is 4.74 Å². The first-order valence-corrected chi connectivity index (χ1v) is 8.45. The molecule has 1 fully saturated rings. The number of halogens is 1. The van der Waals surface area contributed by atoms with Gasteiger partial charge in [0.2, 0.25) is 5.91 Å². The van der Waals surface area contributed by atoms with Crippen LogP contribution in [0, 0.1) is 5.82 Å². The number of para-hydroxylation sites is 1. The van der Waals surface area contributed by atoms with Crippen molar-refractivity contribution in [1.29, 1.82) is 0 Å². The Morgan fingerprint density at radius 3 is 2.32 bits per heavy atom. The summed E-state index contributed by atoms with van der Waals surface area (Å²) in [5.41, 5.74) is -0.0624. The summed E-state index contributed by atoms with van der Waals surface area (Å²) in [6, 6.07) is 5.94. The first-order chi connectivity index (χ1) is 11.7.